The Kier molecular flexibility index (Phi) is 6.38. The Bertz CT molecular complexity index is 630. The molecule has 1 aromatic rings. The summed E-state index contributed by atoms with van der Waals surface area (Å²) in [5, 5.41) is 2.86. The zero-order chi connectivity index (χ0) is 18.4. The minimum atomic E-state index is -0.614. The first-order valence-electron chi connectivity index (χ1n) is 8.56. The van der Waals surface area contributed by atoms with E-state index >= 15 is 0 Å². The lowest BCUT2D eigenvalue weighted by atomic mass is 10.1. The van der Waals surface area contributed by atoms with Crippen LogP contribution in [0.1, 0.15) is 32.4 Å². The van der Waals surface area contributed by atoms with Gasteiger partial charge in [-0.3, -0.25) is 14.4 Å². The summed E-state index contributed by atoms with van der Waals surface area (Å²) in [7, 11) is 0. The molecule has 7 nitrogen and oxygen atoms in total. The fourth-order valence-electron chi connectivity index (χ4n) is 2.73. The van der Waals surface area contributed by atoms with Crippen LogP contribution < -0.4 is 10.1 Å². The van der Waals surface area contributed by atoms with E-state index in [4.69, 9.17) is 4.74 Å². The van der Waals surface area contributed by atoms with Crippen molar-refractivity contribution >= 4 is 17.7 Å². The molecule has 1 aliphatic heterocycles. The van der Waals surface area contributed by atoms with E-state index in [-0.39, 0.29) is 18.5 Å². The van der Waals surface area contributed by atoms with Gasteiger partial charge in [-0.05, 0) is 38.5 Å². The van der Waals surface area contributed by atoms with Crippen molar-refractivity contribution < 1.29 is 19.1 Å². The molecule has 1 atom stereocenters. The highest BCUT2D eigenvalue weighted by Crippen LogP contribution is 2.17. The Morgan fingerprint density at radius 2 is 1.72 bits per heavy atom. The molecule has 0 radical (unpaired) electrons. The van der Waals surface area contributed by atoms with Crippen LogP contribution in [0.15, 0.2) is 24.3 Å². The number of hydrogen-bond acceptors (Lipinski definition) is 4. The van der Waals surface area contributed by atoms with Gasteiger partial charge in [0.05, 0.1) is 12.6 Å². The maximum absolute atomic E-state index is 12.2. The topological polar surface area (TPSA) is 79.0 Å². The van der Waals surface area contributed by atoms with Crippen molar-refractivity contribution in [3.05, 3.63) is 29.8 Å². The number of nitrogens with zero attached hydrogens (tertiary/aromatic N) is 2. The average molecular weight is 347 g/mol. The van der Waals surface area contributed by atoms with E-state index in [1.165, 1.54) is 9.80 Å². The minimum absolute atomic E-state index is 0.108. The largest absolute Gasteiger partial charge is 0.494 e. The molecule has 0 saturated carbocycles. The quantitative estimate of drug-likeness (QED) is 0.745. The first-order valence-corrected chi connectivity index (χ1v) is 8.56. The highest BCUT2D eigenvalue weighted by atomic mass is 16.5. The fraction of sp³-hybridized carbons (Fsp3) is 0.500. The molecule has 25 heavy (non-hydrogen) atoms. The van der Waals surface area contributed by atoms with Crippen molar-refractivity contribution in [2.75, 3.05) is 32.8 Å². The maximum Gasteiger partial charge on any atom is 0.312 e. The Hall–Kier alpha value is -2.57. The van der Waals surface area contributed by atoms with Crippen molar-refractivity contribution in [1.29, 1.82) is 0 Å². The summed E-state index contributed by atoms with van der Waals surface area (Å²) >= 11 is 0. The molecule has 0 aromatic heterocycles. The predicted molar refractivity (Wildman–Crippen MR) is 93.0 cm³/mol. The number of likely N-dealkylation sites (N-methyl/N-ethyl adjacent to an activating group) is 1. The number of piperazine rings is 1. The molecule has 136 valence electrons. The smallest absolute Gasteiger partial charge is 0.312 e. The van der Waals surface area contributed by atoms with E-state index in [1.807, 2.05) is 45.0 Å². The minimum Gasteiger partial charge on any atom is -0.494 e. The number of hydrogen-bond donors (Lipinski definition) is 1. The lowest BCUT2D eigenvalue weighted by Gasteiger charge is -2.32. The Labute approximate surface area is 147 Å². The van der Waals surface area contributed by atoms with Gasteiger partial charge in [-0.15, -0.1) is 0 Å². The number of rotatable bonds is 7. The van der Waals surface area contributed by atoms with Crippen LogP contribution in [-0.2, 0) is 14.4 Å². The average Bonchev–Trinajstić information content (AvgIpc) is 2.60. The van der Waals surface area contributed by atoms with Crippen molar-refractivity contribution in [2.45, 2.75) is 26.8 Å². The number of carbonyl (C=O) groups excluding carboxylic acids is 3. The van der Waals surface area contributed by atoms with Crippen LogP contribution in [0, 0.1) is 0 Å². The van der Waals surface area contributed by atoms with Gasteiger partial charge in [0.15, 0.2) is 0 Å². The van der Waals surface area contributed by atoms with Gasteiger partial charge in [0.2, 0.25) is 5.91 Å². The summed E-state index contributed by atoms with van der Waals surface area (Å²) < 4.78 is 5.39. The van der Waals surface area contributed by atoms with E-state index in [9.17, 15) is 14.4 Å². The van der Waals surface area contributed by atoms with Gasteiger partial charge in [0, 0.05) is 19.6 Å². The SMILES string of the molecule is CCOc1ccc(C(C)NC(=O)CN2CCN(CC)C(=O)C2=O)cc1. The van der Waals surface area contributed by atoms with Gasteiger partial charge < -0.3 is 19.9 Å². The number of carbonyl (C=O) groups is 3. The van der Waals surface area contributed by atoms with Crippen molar-refractivity contribution in [3.63, 3.8) is 0 Å². The van der Waals surface area contributed by atoms with Crippen LogP contribution in [0.2, 0.25) is 0 Å². The monoisotopic (exact) mass is 347 g/mol. The second-order valence-corrected chi connectivity index (χ2v) is 5.90. The zero-order valence-corrected chi connectivity index (χ0v) is 14.9. The normalized spacial score (nSPS) is 16.0. The molecule has 2 rings (SSSR count). The summed E-state index contributed by atoms with van der Waals surface area (Å²) in [6, 6.07) is 7.29. The zero-order valence-electron chi connectivity index (χ0n) is 14.9. The Morgan fingerprint density at radius 3 is 2.32 bits per heavy atom. The molecular weight excluding hydrogens is 322 g/mol. The molecule has 1 N–H and O–H groups in total. The van der Waals surface area contributed by atoms with Crippen molar-refractivity contribution in [3.8, 4) is 5.75 Å². The summed E-state index contributed by atoms with van der Waals surface area (Å²) in [6.07, 6.45) is 0. The first kappa shape index (κ1) is 18.8. The van der Waals surface area contributed by atoms with E-state index in [0.29, 0.717) is 26.2 Å². The van der Waals surface area contributed by atoms with Gasteiger partial charge in [-0.1, -0.05) is 12.1 Å². The molecule has 0 spiro atoms. The second-order valence-electron chi connectivity index (χ2n) is 5.90. The van der Waals surface area contributed by atoms with E-state index in [1.54, 1.807) is 0 Å². The highest BCUT2D eigenvalue weighted by Gasteiger charge is 2.32. The second kappa shape index (κ2) is 8.50. The molecule has 1 unspecified atom stereocenters. The summed E-state index contributed by atoms with van der Waals surface area (Å²) in [6.45, 7) is 7.45. The maximum atomic E-state index is 12.2. The molecule has 1 aromatic carbocycles. The molecule has 1 heterocycles. The Morgan fingerprint density at radius 1 is 1.12 bits per heavy atom. The molecule has 3 amide bonds. The van der Waals surface area contributed by atoms with Gasteiger partial charge in [0.1, 0.15) is 12.3 Å². The van der Waals surface area contributed by atoms with E-state index in [0.717, 1.165) is 11.3 Å². The third kappa shape index (κ3) is 4.71. The van der Waals surface area contributed by atoms with Crippen molar-refractivity contribution in [1.82, 2.24) is 15.1 Å². The number of ether oxygens (including phenoxy) is 1. The van der Waals surface area contributed by atoms with Gasteiger partial charge in [-0.2, -0.15) is 0 Å². The van der Waals surface area contributed by atoms with Gasteiger partial charge >= 0.3 is 11.8 Å². The van der Waals surface area contributed by atoms with E-state index < -0.39 is 11.8 Å². The van der Waals surface area contributed by atoms with Crippen LogP contribution in [0.4, 0.5) is 0 Å². The summed E-state index contributed by atoms with van der Waals surface area (Å²) in [5.74, 6) is -0.659. The van der Waals surface area contributed by atoms with Crippen LogP contribution in [-0.4, -0.2) is 60.3 Å². The third-order valence-electron chi connectivity index (χ3n) is 4.18. The fourth-order valence-corrected chi connectivity index (χ4v) is 2.73. The lowest BCUT2D eigenvalue weighted by molar-refractivity contribution is -0.156. The predicted octanol–water partition coefficient (Wildman–Crippen LogP) is 0.953. The lowest BCUT2D eigenvalue weighted by Crippen LogP contribution is -2.56. The van der Waals surface area contributed by atoms with Crippen LogP contribution in [0.25, 0.3) is 0 Å². The van der Waals surface area contributed by atoms with E-state index in [2.05, 4.69) is 5.32 Å². The number of benzene rings is 1. The molecular formula is C18H25N3O4. The van der Waals surface area contributed by atoms with Crippen LogP contribution >= 0.6 is 0 Å². The molecule has 1 aliphatic rings. The first-order chi connectivity index (χ1) is 12.0. The molecule has 7 heteroatoms. The molecule has 1 fully saturated rings. The highest BCUT2D eigenvalue weighted by molar-refractivity contribution is 6.35. The summed E-state index contributed by atoms with van der Waals surface area (Å²) in [5.41, 5.74) is 0.940. The van der Waals surface area contributed by atoms with Crippen molar-refractivity contribution in [2.24, 2.45) is 0 Å². The summed E-state index contributed by atoms with van der Waals surface area (Å²) in [4.78, 5) is 38.9. The van der Waals surface area contributed by atoms with Gasteiger partial charge in [0.25, 0.3) is 0 Å². The van der Waals surface area contributed by atoms with Gasteiger partial charge in [-0.25, -0.2) is 0 Å². The van der Waals surface area contributed by atoms with Crippen LogP contribution in [0.5, 0.6) is 5.75 Å². The Balaban J connectivity index is 1.89. The van der Waals surface area contributed by atoms with Crippen LogP contribution in [0.3, 0.4) is 0 Å². The third-order valence-corrected chi connectivity index (χ3v) is 4.18. The standard InChI is InChI=1S/C18H25N3O4/c1-4-20-10-11-21(18(24)17(20)23)12-16(22)19-13(3)14-6-8-15(9-7-14)25-5-2/h6-9,13H,4-5,10-12H2,1-3H3,(H,19,22). The molecule has 0 bridgehead atoms. The molecule has 1 saturated heterocycles. The molecule has 0 aliphatic carbocycles. The number of nitrogens with one attached hydrogen (secondary N) is 1. The number of amides is 3.